The summed E-state index contributed by atoms with van der Waals surface area (Å²) in [6.45, 7) is 10.1. The van der Waals surface area contributed by atoms with Gasteiger partial charge in [0.1, 0.15) is 28.6 Å². The van der Waals surface area contributed by atoms with Crippen molar-refractivity contribution < 1.29 is 13.9 Å². The minimum atomic E-state index is -0.629. The summed E-state index contributed by atoms with van der Waals surface area (Å²) in [6.07, 6.45) is 5.41. The van der Waals surface area contributed by atoms with Crippen molar-refractivity contribution in [3.63, 3.8) is 0 Å². The maximum Gasteiger partial charge on any atom is 0.269 e. The van der Waals surface area contributed by atoms with Gasteiger partial charge in [-0.3, -0.25) is 14.2 Å². The molecule has 0 fully saturated rings. The molecule has 3 heterocycles. The SMILES string of the molecule is CCCNC(=O)c1ccc(-c2c(F)c(Cl)cc([C@H](C)c3nc(C)c4c(N)nccn34)c2OC(C)C)cn1. The molecular weight excluding hydrogens is 495 g/mol. The molecule has 194 valence electrons. The van der Waals surface area contributed by atoms with Crippen molar-refractivity contribution >= 4 is 28.8 Å². The van der Waals surface area contributed by atoms with Crippen molar-refractivity contribution in [1.29, 1.82) is 0 Å². The summed E-state index contributed by atoms with van der Waals surface area (Å²) in [5.41, 5.74) is 9.06. The predicted octanol–water partition coefficient (Wildman–Crippen LogP) is 5.55. The van der Waals surface area contributed by atoms with Crippen LogP contribution in [0, 0.1) is 12.7 Å². The molecule has 0 unspecified atom stereocenters. The van der Waals surface area contributed by atoms with E-state index in [0.717, 1.165) is 12.1 Å². The van der Waals surface area contributed by atoms with Gasteiger partial charge < -0.3 is 15.8 Å². The number of halogens is 2. The molecular formula is C27H30ClFN6O2. The van der Waals surface area contributed by atoms with E-state index >= 15 is 4.39 Å². The maximum atomic E-state index is 15.6. The molecule has 1 amide bonds. The Morgan fingerprint density at radius 1 is 1.27 bits per heavy atom. The summed E-state index contributed by atoms with van der Waals surface area (Å²) in [6, 6.07) is 4.78. The summed E-state index contributed by atoms with van der Waals surface area (Å²) in [4.78, 5) is 25.5. The molecule has 0 radical (unpaired) electrons. The van der Waals surface area contributed by atoms with Gasteiger partial charge in [-0.15, -0.1) is 0 Å². The van der Waals surface area contributed by atoms with E-state index in [4.69, 9.17) is 27.1 Å². The van der Waals surface area contributed by atoms with Crippen LogP contribution in [0.25, 0.3) is 16.6 Å². The number of imidazole rings is 1. The number of rotatable bonds is 8. The molecule has 1 aromatic carbocycles. The van der Waals surface area contributed by atoms with Crippen LogP contribution in [-0.2, 0) is 0 Å². The number of nitrogens with one attached hydrogen (secondary N) is 1. The van der Waals surface area contributed by atoms with Crippen molar-refractivity contribution in [2.75, 3.05) is 12.3 Å². The van der Waals surface area contributed by atoms with Gasteiger partial charge in [0, 0.05) is 42.2 Å². The number of nitrogens with two attached hydrogens (primary N) is 1. The van der Waals surface area contributed by atoms with Crippen molar-refractivity contribution in [2.24, 2.45) is 0 Å². The third kappa shape index (κ3) is 5.09. The highest BCUT2D eigenvalue weighted by molar-refractivity contribution is 6.31. The van der Waals surface area contributed by atoms with Crippen LogP contribution in [0.5, 0.6) is 5.75 Å². The Morgan fingerprint density at radius 2 is 2.03 bits per heavy atom. The van der Waals surface area contributed by atoms with Gasteiger partial charge in [-0.05, 0) is 39.3 Å². The number of anilines is 1. The lowest BCUT2D eigenvalue weighted by atomic mass is 9.93. The van der Waals surface area contributed by atoms with E-state index in [1.54, 1.807) is 30.6 Å². The topological polar surface area (TPSA) is 107 Å². The van der Waals surface area contributed by atoms with Crippen LogP contribution in [0.1, 0.15) is 67.6 Å². The second kappa shape index (κ2) is 10.7. The van der Waals surface area contributed by atoms with Crippen LogP contribution < -0.4 is 15.8 Å². The Kier molecular flexibility index (Phi) is 7.63. The van der Waals surface area contributed by atoms with Crippen LogP contribution in [-0.4, -0.2) is 37.9 Å². The molecule has 0 aliphatic carbocycles. The molecule has 10 heteroatoms. The van der Waals surface area contributed by atoms with Crippen LogP contribution >= 0.6 is 11.6 Å². The van der Waals surface area contributed by atoms with Gasteiger partial charge in [0.15, 0.2) is 5.82 Å². The Bertz CT molecular complexity index is 1450. The average molecular weight is 525 g/mol. The molecule has 0 aliphatic heterocycles. The van der Waals surface area contributed by atoms with Gasteiger partial charge in [0.25, 0.3) is 5.91 Å². The van der Waals surface area contributed by atoms with Crippen molar-refractivity contribution in [1.82, 2.24) is 24.7 Å². The highest BCUT2D eigenvalue weighted by atomic mass is 35.5. The fourth-order valence-electron chi connectivity index (χ4n) is 4.29. The Morgan fingerprint density at radius 3 is 2.68 bits per heavy atom. The number of fused-ring (bicyclic) bond motifs is 1. The van der Waals surface area contributed by atoms with Crippen LogP contribution in [0.2, 0.25) is 5.02 Å². The lowest BCUT2D eigenvalue weighted by molar-refractivity contribution is 0.0948. The first kappa shape index (κ1) is 26.3. The van der Waals surface area contributed by atoms with Gasteiger partial charge in [-0.1, -0.05) is 31.5 Å². The molecule has 4 rings (SSSR count). The number of carbonyl (C=O) groups excluding carboxylic acids is 1. The molecule has 3 aromatic heterocycles. The fraction of sp³-hybridized carbons (Fsp3) is 0.333. The van der Waals surface area contributed by atoms with E-state index in [9.17, 15) is 4.79 Å². The number of carbonyl (C=O) groups is 1. The highest BCUT2D eigenvalue weighted by Crippen LogP contribution is 2.44. The lowest BCUT2D eigenvalue weighted by Crippen LogP contribution is -2.24. The number of hydrogen-bond donors (Lipinski definition) is 2. The van der Waals surface area contributed by atoms with Gasteiger partial charge >= 0.3 is 0 Å². The normalized spacial score (nSPS) is 12.2. The Hall–Kier alpha value is -3.72. The second-order valence-electron chi connectivity index (χ2n) is 9.13. The van der Waals surface area contributed by atoms with E-state index < -0.39 is 5.82 Å². The lowest BCUT2D eigenvalue weighted by Gasteiger charge is -2.23. The second-order valence-corrected chi connectivity index (χ2v) is 9.54. The van der Waals surface area contributed by atoms with Gasteiger partial charge in [0.2, 0.25) is 0 Å². The zero-order chi connectivity index (χ0) is 26.9. The van der Waals surface area contributed by atoms with E-state index in [2.05, 4.69) is 15.3 Å². The number of nitrogen functional groups attached to an aromatic ring is 1. The number of aromatic nitrogens is 4. The molecule has 0 bridgehead atoms. The predicted molar refractivity (Wildman–Crippen MR) is 143 cm³/mol. The summed E-state index contributed by atoms with van der Waals surface area (Å²) < 4.78 is 23.7. The number of ether oxygens (including phenoxy) is 1. The standard InChI is InChI=1S/C27H30ClFN6O2/c1-6-9-32-27(36)20-8-7-17(13-33-20)21-22(29)19(28)12-18(24(21)37-14(2)3)15(4)26-34-16(5)23-25(30)31-10-11-35(23)26/h7-8,10-15H,6,9H2,1-5H3,(H2,30,31)(H,32,36)/t15-/m0/s1. The number of benzene rings is 1. The van der Waals surface area contributed by atoms with E-state index in [-0.39, 0.29) is 34.2 Å². The summed E-state index contributed by atoms with van der Waals surface area (Å²) >= 11 is 6.42. The molecule has 1 atom stereocenters. The molecule has 3 N–H and O–H groups in total. The molecule has 0 saturated carbocycles. The monoisotopic (exact) mass is 524 g/mol. The molecule has 0 saturated heterocycles. The summed E-state index contributed by atoms with van der Waals surface area (Å²) in [5.74, 6) is 0.132. The van der Waals surface area contributed by atoms with Crippen molar-refractivity contribution in [2.45, 2.75) is 53.1 Å². The maximum absolute atomic E-state index is 15.6. The molecule has 8 nitrogen and oxygen atoms in total. The quantitative estimate of drug-likeness (QED) is 0.313. The number of pyridine rings is 1. The zero-order valence-electron chi connectivity index (χ0n) is 21.5. The largest absolute Gasteiger partial charge is 0.490 e. The Labute approximate surface area is 220 Å². The fourth-order valence-corrected chi connectivity index (χ4v) is 4.50. The number of hydrogen-bond acceptors (Lipinski definition) is 6. The van der Waals surface area contributed by atoms with Gasteiger partial charge in [-0.2, -0.15) is 0 Å². The molecule has 37 heavy (non-hydrogen) atoms. The minimum absolute atomic E-state index is 0.0588. The van der Waals surface area contributed by atoms with E-state index in [0.29, 0.717) is 40.6 Å². The average Bonchev–Trinajstić information content (AvgIpc) is 3.21. The number of aryl methyl sites for hydroxylation is 1. The number of nitrogens with zero attached hydrogens (tertiary/aromatic N) is 4. The van der Waals surface area contributed by atoms with Crippen molar-refractivity contribution in [3.8, 4) is 16.9 Å². The highest BCUT2D eigenvalue weighted by Gasteiger charge is 2.28. The van der Waals surface area contributed by atoms with Crippen LogP contribution in [0.3, 0.4) is 0 Å². The first-order valence-corrected chi connectivity index (χ1v) is 12.5. The van der Waals surface area contributed by atoms with Gasteiger partial charge in [-0.25, -0.2) is 14.4 Å². The molecule has 4 aromatic rings. The van der Waals surface area contributed by atoms with E-state index in [1.807, 2.05) is 39.0 Å². The van der Waals surface area contributed by atoms with Crippen LogP contribution in [0.15, 0.2) is 36.8 Å². The minimum Gasteiger partial charge on any atom is -0.490 e. The van der Waals surface area contributed by atoms with Gasteiger partial charge in [0.05, 0.1) is 22.4 Å². The molecule has 0 aliphatic rings. The van der Waals surface area contributed by atoms with Crippen LogP contribution in [0.4, 0.5) is 10.2 Å². The third-order valence-electron chi connectivity index (χ3n) is 6.01. The smallest absolute Gasteiger partial charge is 0.269 e. The van der Waals surface area contributed by atoms with Crippen molar-refractivity contribution in [3.05, 3.63) is 70.4 Å². The number of amides is 1. The molecule has 0 spiro atoms. The summed E-state index contributed by atoms with van der Waals surface area (Å²) in [7, 11) is 0. The zero-order valence-corrected chi connectivity index (χ0v) is 22.2. The first-order valence-electron chi connectivity index (χ1n) is 12.2. The van der Waals surface area contributed by atoms with E-state index in [1.165, 1.54) is 6.20 Å². The third-order valence-corrected chi connectivity index (χ3v) is 6.29. The first-order chi connectivity index (χ1) is 17.6. The Balaban J connectivity index is 1.87. The summed E-state index contributed by atoms with van der Waals surface area (Å²) in [5, 5.41) is 2.73.